The van der Waals surface area contributed by atoms with Crippen LogP contribution in [0.4, 0.5) is 5.69 Å². The number of ether oxygens (including phenoxy) is 1. The Labute approximate surface area is 171 Å². The van der Waals surface area contributed by atoms with E-state index in [-0.39, 0.29) is 17.1 Å². The second kappa shape index (κ2) is 7.93. The van der Waals surface area contributed by atoms with Gasteiger partial charge in [-0.25, -0.2) is 0 Å². The molecule has 0 spiro atoms. The van der Waals surface area contributed by atoms with E-state index >= 15 is 0 Å². The summed E-state index contributed by atoms with van der Waals surface area (Å²) < 4.78 is 5.76. The van der Waals surface area contributed by atoms with Gasteiger partial charge in [0.15, 0.2) is 22.9 Å². The summed E-state index contributed by atoms with van der Waals surface area (Å²) in [6.45, 7) is 2.50. The van der Waals surface area contributed by atoms with Crippen LogP contribution in [0.25, 0.3) is 0 Å². The zero-order valence-electron chi connectivity index (χ0n) is 15.7. The Kier molecular flexibility index (Phi) is 5.76. The Morgan fingerprint density at radius 1 is 1.25 bits per heavy atom. The topological polar surface area (TPSA) is 87.1 Å². The zero-order chi connectivity index (χ0) is 20.5. The molecule has 1 unspecified atom stereocenters. The van der Waals surface area contributed by atoms with Crippen molar-refractivity contribution in [3.05, 3.63) is 52.0 Å². The highest BCUT2D eigenvalue weighted by atomic mass is 79.9. The number of hydrogen-bond acceptors (Lipinski definition) is 5. The smallest absolute Gasteiger partial charge is 0.264 e. The maximum atomic E-state index is 13.1. The third-order valence-electron chi connectivity index (χ3n) is 4.95. The molecule has 2 aromatic rings. The van der Waals surface area contributed by atoms with Crippen molar-refractivity contribution in [3.63, 3.8) is 0 Å². The quantitative estimate of drug-likeness (QED) is 0.630. The van der Waals surface area contributed by atoms with Crippen molar-refractivity contribution in [2.45, 2.75) is 31.8 Å². The van der Waals surface area contributed by atoms with Gasteiger partial charge in [0.2, 0.25) is 0 Å². The molecule has 1 aliphatic rings. The number of ketones is 1. The lowest BCUT2D eigenvalue weighted by Crippen LogP contribution is -2.42. The van der Waals surface area contributed by atoms with E-state index in [1.54, 1.807) is 17.0 Å². The third-order valence-corrected chi connectivity index (χ3v) is 5.44. The Morgan fingerprint density at radius 2 is 2.00 bits per heavy atom. The van der Waals surface area contributed by atoms with E-state index in [4.69, 9.17) is 4.74 Å². The number of unbranched alkanes of at least 4 members (excludes halogenated alkanes) is 1. The standard InChI is InChI=1S/C21H22BrNO5/c1-3-4-9-23-16-7-6-14(22)11-15(16)21(27,20(23)26)12-18(25)13-5-8-17(24)19(10-13)28-2/h5-8,10-11,24,27H,3-4,9,12H2,1-2H3. The highest BCUT2D eigenvalue weighted by molar-refractivity contribution is 9.10. The molecule has 7 heteroatoms. The second-order valence-electron chi connectivity index (χ2n) is 6.82. The molecule has 0 radical (unpaired) electrons. The number of halogens is 1. The lowest BCUT2D eigenvalue weighted by Gasteiger charge is -2.23. The molecule has 1 aliphatic heterocycles. The zero-order valence-corrected chi connectivity index (χ0v) is 17.3. The highest BCUT2D eigenvalue weighted by Crippen LogP contribution is 2.44. The SMILES string of the molecule is CCCCN1C(=O)C(O)(CC(=O)c2ccc(O)c(OC)c2)c2cc(Br)ccc21. The van der Waals surface area contributed by atoms with Crippen molar-refractivity contribution >= 4 is 33.3 Å². The van der Waals surface area contributed by atoms with Gasteiger partial charge in [0.1, 0.15) is 0 Å². The Morgan fingerprint density at radius 3 is 2.68 bits per heavy atom. The number of methoxy groups -OCH3 is 1. The van der Waals surface area contributed by atoms with E-state index in [0.717, 1.165) is 12.8 Å². The summed E-state index contributed by atoms with van der Waals surface area (Å²) in [7, 11) is 1.39. The van der Waals surface area contributed by atoms with Gasteiger partial charge in [-0.2, -0.15) is 0 Å². The number of aromatic hydroxyl groups is 1. The Hall–Kier alpha value is -2.38. The van der Waals surface area contributed by atoms with Crippen LogP contribution in [0.3, 0.4) is 0 Å². The lowest BCUT2D eigenvalue weighted by atomic mass is 9.88. The summed E-state index contributed by atoms with van der Waals surface area (Å²) in [5, 5.41) is 21.0. The number of carbonyl (C=O) groups excluding carboxylic acids is 2. The molecule has 0 saturated heterocycles. The van der Waals surface area contributed by atoms with Gasteiger partial charge in [-0.05, 0) is 42.8 Å². The minimum absolute atomic E-state index is 0.0882. The van der Waals surface area contributed by atoms with Crippen molar-refractivity contribution < 1.29 is 24.5 Å². The fraction of sp³-hybridized carbons (Fsp3) is 0.333. The number of Topliss-reactive ketones (excluding diaryl/α,β-unsaturated/α-hetero) is 1. The Balaban J connectivity index is 1.97. The van der Waals surface area contributed by atoms with E-state index in [1.165, 1.54) is 25.3 Å². The van der Waals surface area contributed by atoms with Crippen LogP contribution in [0.1, 0.15) is 42.1 Å². The molecule has 6 nitrogen and oxygen atoms in total. The number of phenols is 1. The van der Waals surface area contributed by atoms with Crippen LogP contribution in [0.15, 0.2) is 40.9 Å². The molecule has 2 aromatic carbocycles. The maximum Gasteiger partial charge on any atom is 0.264 e. The summed E-state index contributed by atoms with van der Waals surface area (Å²) in [6.07, 6.45) is 1.30. The number of carbonyl (C=O) groups is 2. The summed E-state index contributed by atoms with van der Waals surface area (Å²) in [6, 6.07) is 9.47. The van der Waals surface area contributed by atoms with Crippen LogP contribution in [-0.4, -0.2) is 35.6 Å². The monoisotopic (exact) mass is 447 g/mol. The molecule has 1 amide bonds. The minimum Gasteiger partial charge on any atom is -0.504 e. The minimum atomic E-state index is -1.94. The number of benzene rings is 2. The maximum absolute atomic E-state index is 13.1. The molecule has 148 valence electrons. The summed E-state index contributed by atoms with van der Waals surface area (Å²) in [5.74, 6) is -0.844. The van der Waals surface area contributed by atoms with E-state index in [1.807, 2.05) is 13.0 Å². The first kappa shape index (κ1) is 20.4. The second-order valence-corrected chi connectivity index (χ2v) is 7.73. The first-order valence-electron chi connectivity index (χ1n) is 9.06. The van der Waals surface area contributed by atoms with Crippen LogP contribution >= 0.6 is 15.9 Å². The van der Waals surface area contributed by atoms with Gasteiger partial charge >= 0.3 is 0 Å². The summed E-state index contributed by atoms with van der Waals surface area (Å²) >= 11 is 3.38. The first-order chi connectivity index (χ1) is 13.3. The van der Waals surface area contributed by atoms with Crippen molar-refractivity contribution in [1.82, 2.24) is 0 Å². The van der Waals surface area contributed by atoms with Gasteiger partial charge in [-0.3, -0.25) is 9.59 Å². The highest BCUT2D eigenvalue weighted by Gasteiger charge is 2.50. The molecule has 28 heavy (non-hydrogen) atoms. The van der Waals surface area contributed by atoms with Crippen molar-refractivity contribution in [2.75, 3.05) is 18.6 Å². The molecule has 0 aliphatic carbocycles. The van der Waals surface area contributed by atoms with E-state index in [2.05, 4.69) is 15.9 Å². The first-order valence-corrected chi connectivity index (χ1v) is 9.85. The van der Waals surface area contributed by atoms with Gasteiger partial charge in [-0.15, -0.1) is 0 Å². The molecule has 1 heterocycles. The molecule has 1 atom stereocenters. The number of nitrogens with zero attached hydrogens (tertiary/aromatic N) is 1. The van der Waals surface area contributed by atoms with Crippen LogP contribution in [0, 0.1) is 0 Å². The average Bonchev–Trinajstić information content (AvgIpc) is 2.87. The van der Waals surface area contributed by atoms with Crippen LogP contribution < -0.4 is 9.64 Å². The molecule has 0 fully saturated rings. The predicted octanol–water partition coefficient (Wildman–Crippen LogP) is 3.77. The van der Waals surface area contributed by atoms with Crippen molar-refractivity contribution in [1.29, 1.82) is 0 Å². The fourth-order valence-electron chi connectivity index (χ4n) is 3.42. The molecule has 0 aromatic heterocycles. The van der Waals surface area contributed by atoms with E-state index in [9.17, 15) is 19.8 Å². The van der Waals surface area contributed by atoms with Gasteiger partial charge in [-0.1, -0.05) is 29.3 Å². The number of fused-ring (bicyclic) bond motifs is 1. The number of anilines is 1. The van der Waals surface area contributed by atoms with Crippen molar-refractivity contribution in [3.8, 4) is 11.5 Å². The van der Waals surface area contributed by atoms with Gasteiger partial charge in [0.25, 0.3) is 5.91 Å². The number of amides is 1. The van der Waals surface area contributed by atoms with E-state index in [0.29, 0.717) is 22.3 Å². The van der Waals surface area contributed by atoms with Crippen LogP contribution in [0.2, 0.25) is 0 Å². The molecule has 2 N–H and O–H groups in total. The molecular formula is C21H22BrNO5. The lowest BCUT2D eigenvalue weighted by molar-refractivity contribution is -0.135. The van der Waals surface area contributed by atoms with Gasteiger partial charge in [0.05, 0.1) is 19.2 Å². The average molecular weight is 448 g/mol. The van der Waals surface area contributed by atoms with Gasteiger partial charge < -0.3 is 19.8 Å². The molecule has 0 saturated carbocycles. The largest absolute Gasteiger partial charge is 0.504 e. The molecule has 0 bridgehead atoms. The predicted molar refractivity (Wildman–Crippen MR) is 109 cm³/mol. The molecule has 3 rings (SSSR count). The van der Waals surface area contributed by atoms with Crippen molar-refractivity contribution in [2.24, 2.45) is 0 Å². The fourth-order valence-corrected chi connectivity index (χ4v) is 3.78. The van der Waals surface area contributed by atoms with Gasteiger partial charge in [0, 0.05) is 22.1 Å². The van der Waals surface area contributed by atoms with E-state index < -0.39 is 23.7 Å². The number of aliphatic hydroxyl groups is 1. The summed E-state index contributed by atoms with van der Waals surface area (Å²) in [5.41, 5.74) is -0.642. The Bertz CT molecular complexity index is 929. The number of phenolic OH excluding ortho intramolecular Hbond substituents is 1. The number of hydrogen-bond donors (Lipinski definition) is 2. The van der Waals surface area contributed by atoms with Crippen LogP contribution in [-0.2, 0) is 10.4 Å². The normalized spacial score (nSPS) is 18.3. The van der Waals surface area contributed by atoms with Crippen LogP contribution in [0.5, 0.6) is 11.5 Å². The number of rotatable bonds is 7. The molecular weight excluding hydrogens is 426 g/mol. The summed E-state index contributed by atoms with van der Waals surface area (Å²) in [4.78, 5) is 27.5. The third kappa shape index (κ3) is 3.52.